The van der Waals surface area contributed by atoms with Crippen molar-refractivity contribution in [1.82, 2.24) is 0 Å². The molecular weight excluding hydrogens is 344 g/mol. The lowest BCUT2D eigenvalue weighted by Gasteiger charge is -2.11. The Bertz CT molecular complexity index is 677. The minimum atomic E-state index is -0.659. The number of hydrogen-bond acceptors (Lipinski definition) is 3. The van der Waals surface area contributed by atoms with Gasteiger partial charge in [0.05, 0.1) is 12.7 Å². The topological polar surface area (TPSA) is 38.3 Å². The smallest absolute Gasteiger partial charge is 0.340 e. The number of rotatable bonds is 4. The van der Waals surface area contributed by atoms with Crippen molar-refractivity contribution in [2.24, 2.45) is 0 Å². The van der Waals surface area contributed by atoms with E-state index in [0.29, 0.717) is 15.7 Å². The van der Waals surface area contributed by atoms with E-state index in [4.69, 9.17) is 0 Å². The van der Waals surface area contributed by atoms with Gasteiger partial charge in [-0.2, -0.15) is 0 Å². The van der Waals surface area contributed by atoms with E-state index in [0.717, 1.165) is 6.07 Å². The molecule has 110 valence electrons. The molecule has 0 unspecified atom stereocenters. The van der Waals surface area contributed by atoms with Crippen LogP contribution in [0.1, 0.15) is 15.9 Å². The molecule has 0 aliphatic heterocycles. The lowest BCUT2D eigenvalue weighted by molar-refractivity contribution is 0.0601. The quantitative estimate of drug-likeness (QED) is 0.838. The van der Waals surface area contributed by atoms with Crippen molar-refractivity contribution in [2.75, 3.05) is 12.4 Å². The Kier molecular flexibility index (Phi) is 4.90. The highest BCUT2D eigenvalue weighted by molar-refractivity contribution is 9.10. The van der Waals surface area contributed by atoms with Crippen LogP contribution in [-0.4, -0.2) is 13.1 Å². The van der Waals surface area contributed by atoms with E-state index < -0.39 is 11.8 Å². The molecular formula is C15H12BrF2NO2. The van der Waals surface area contributed by atoms with Crippen LogP contribution in [0.2, 0.25) is 0 Å². The highest BCUT2D eigenvalue weighted by atomic mass is 79.9. The molecule has 0 heterocycles. The van der Waals surface area contributed by atoms with Crippen molar-refractivity contribution in [2.45, 2.75) is 6.54 Å². The van der Waals surface area contributed by atoms with E-state index in [1.165, 1.54) is 25.3 Å². The summed E-state index contributed by atoms with van der Waals surface area (Å²) in [5.41, 5.74) is 0.874. The second-order valence-electron chi connectivity index (χ2n) is 4.27. The first-order valence-electron chi connectivity index (χ1n) is 6.07. The largest absolute Gasteiger partial charge is 0.465 e. The Morgan fingerprint density at radius 1 is 1.24 bits per heavy atom. The number of ether oxygens (including phenoxy) is 1. The number of carbonyl (C=O) groups is 1. The SMILES string of the molecule is COC(=O)c1cc(F)ccc1NCc1ccc(Br)cc1F. The number of nitrogens with one attached hydrogen (secondary N) is 1. The normalized spacial score (nSPS) is 10.3. The molecule has 21 heavy (non-hydrogen) atoms. The van der Waals surface area contributed by atoms with Gasteiger partial charge in [0.25, 0.3) is 0 Å². The molecule has 0 aliphatic carbocycles. The predicted octanol–water partition coefficient (Wildman–Crippen LogP) is 4.13. The second kappa shape index (κ2) is 6.67. The van der Waals surface area contributed by atoms with Crippen LogP contribution >= 0.6 is 15.9 Å². The first-order chi connectivity index (χ1) is 10.0. The van der Waals surface area contributed by atoms with Gasteiger partial charge in [0.1, 0.15) is 11.6 Å². The van der Waals surface area contributed by atoms with Crippen molar-refractivity contribution in [1.29, 1.82) is 0 Å². The van der Waals surface area contributed by atoms with Crippen LogP contribution in [0.3, 0.4) is 0 Å². The van der Waals surface area contributed by atoms with Crippen molar-refractivity contribution >= 4 is 27.6 Å². The third-order valence-corrected chi connectivity index (χ3v) is 3.36. The Hall–Kier alpha value is -1.95. The molecule has 0 saturated heterocycles. The van der Waals surface area contributed by atoms with Crippen LogP contribution in [0, 0.1) is 11.6 Å². The Labute approximate surface area is 129 Å². The summed E-state index contributed by atoms with van der Waals surface area (Å²) >= 11 is 3.18. The van der Waals surface area contributed by atoms with E-state index in [1.807, 2.05) is 0 Å². The van der Waals surface area contributed by atoms with Gasteiger partial charge in [-0.3, -0.25) is 0 Å². The Morgan fingerprint density at radius 3 is 2.67 bits per heavy atom. The standard InChI is InChI=1S/C15H12BrF2NO2/c1-21-15(20)12-7-11(17)4-5-14(12)19-8-9-2-3-10(16)6-13(9)18/h2-7,19H,8H2,1H3. The number of esters is 1. The number of hydrogen-bond donors (Lipinski definition) is 1. The van der Waals surface area contributed by atoms with Crippen molar-refractivity contribution < 1.29 is 18.3 Å². The fourth-order valence-electron chi connectivity index (χ4n) is 1.80. The molecule has 6 heteroatoms. The fourth-order valence-corrected chi connectivity index (χ4v) is 2.14. The third kappa shape index (κ3) is 3.78. The molecule has 2 rings (SSSR count). The molecule has 0 saturated carbocycles. The highest BCUT2D eigenvalue weighted by Gasteiger charge is 2.13. The lowest BCUT2D eigenvalue weighted by Crippen LogP contribution is -2.09. The van der Waals surface area contributed by atoms with Crippen molar-refractivity contribution in [3.05, 3.63) is 63.6 Å². The molecule has 0 aliphatic rings. The maximum absolute atomic E-state index is 13.7. The van der Waals surface area contributed by atoms with E-state index in [9.17, 15) is 13.6 Å². The van der Waals surface area contributed by atoms with Gasteiger partial charge in [-0.1, -0.05) is 22.0 Å². The Morgan fingerprint density at radius 2 is 2.00 bits per heavy atom. The average molecular weight is 356 g/mol. The van der Waals surface area contributed by atoms with Gasteiger partial charge in [0.2, 0.25) is 0 Å². The number of anilines is 1. The average Bonchev–Trinajstić information content (AvgIpc) is 2.46. The molecule has 2 aromatic rings. The van der Waals surface area contributed by atoms with Gasteiger partial charge >= 0.3 is 5.97 Å². The molecule has 1 N–H and O–H groups in total. The van der Waals surface area contributed by atoms with Crippen molar-refractivity contribution in [3.8, 4) is 0 Å². The molecule has 0 fully saturated rings. The summed E-state index contributed by atoms with van der Waals surface area (Å²) in [6, 6.07) is 8.39. The van der Waals surface area contributed by atoms with E-state index >= 15 is 0 Å². The zero-order valence-electron chi connectivity index (χ0n) is 11.1. The van der Waals surface area contributed by atoms with Gasteiger partial charge < -0.3 is 10.1 Å². The molecule has 0 aromatic heterocycles. The highest BCUT2D eigenvalue weighted by Crippen LogP contribution is 2.21. The van der Waals surface area contributed by atoms with E-state index in [-0.39, 0.29) is 17.9 Å². The van der Waals surface area contributed by atoms with Gasteiger partial charge in [-0.15, -0.1) is 0 Å². The number of carbonyl (C=O) groups excluding carboxylic acids is 1. The van der Waals surface area contributed by atoms with Crippen LogP contribution in [0.15, 0.2) is 40.9 Å². The summed E-state index contributed by atoms with van der Waals surface area (Å²) in [6.45, 7) is 0.161. The van der Waals surface area contributed by atoms with Gasteiger partial charge in [-0.05, 0) is 30.3 Å². The molecule has 0 bridgehead atoms. The first-order valence-corrected chi connectivity index (χ1v) is 6.86. The molecule has 3 nitrogen and oxygen atoms in total. The van der Waals surface area contributed by atoms with Crippen molar-refractivity contribution in [3.63, 3.8) is 0 Å². The van der Waals surface area contributed by atoms with E-state index in [1.54, 1.807) is 12.1 Å². The molecule has 0 amide bonds. The van der Waals surface area contributed by atoms with Crippen LogP contribution in [0.25, 0.3) is 0 Å². The van der Waals surface area contributed by atoms with E-state index in [2.05, 4.69) is 26.0 Å². The lowest BCUT2D eigenvalue weighted by atomic mass is 10.1. The van der Waals surface area contributed by atoms with Gasteiger partial charge in [0.15, 0.2) is 0 Å². The van der Waals surface area contributed by atoms with Crippen LogP contribution in [0.4, 0.5) is 14.5 Å². The van der Waals surface area contributed by atoms with Gasteiger partial charge in [0, 0.05) is 22.3 Å². The molecule has 0 radical (unpaired) electrons. The van der Waals surface area contributed by atoms with Crippen LogP contribution in [-0.2, 0) is 11.3 Å². The van der Waals surface area contributed by atoms with Crippen LogP contribution < -0.4 is 5.32 Å². The van der Waals surface area contributed by atoms with Gasteiger partial charge in [-0.25, -0.2) is 13.6 Å². The summed E-state index contributed by atoms with van der Waals surface area (Å²) in [5.74, 6) is -1.58. The maximum Gasteiger partial charge on any atom is 0.340 e. The summed E-state index contributed by atoms with van der Waals surface area (Å²) in [6.07, 6.45) is 0. The minimum Gasteiger partial charge on any atom is -0.465 e. The zero-order valence-corrected chi connectivity index (χ0v) is 12.7. The number of benzene rings is 2. The summed E-state index contributed by atoms with van der Waals surface area (Å²) < 4.78 is 32.2. The molecule has 0 spiro atoms. The molecule has 2 aromatic carbocycles. The first kappa shape index (κ1) is 15.4. The maximum atomic E-state index is 13.7. The number of halogens is 3. The predicted molar refractivity (Wildman–Crippen MR) is 79.2 cm³/mol. The number of methoxy groups -OCH3 is 1. The monoisotopic (exact) mass is 355 g/mol. The summed E-state index contributed by atoms with van der Waals surface area (Å²) in [7, 11) is 1.21. The molecule has 0 atom stereocenters. The fraction of sp³-hybridized carbons (Fsp3) is 0.133. The summed E-state index contributed by atoms with van der Waals surface area (Å²) in [4.78, 5) is 11.6. The van der Waals surface area contributed by atoms with Crippen LogP contribution in [0.5, 0.6) is 0 Å². The second-order valence-corrected chi connectivity index (χ2v) is 5.19. The summed E-state index contributed by atoms with van der Waals surface area (Å²) in [5, 5.41) is 2.91. The third-order valence-electron chi connectivity index (χ3n) is 2.87. The minimum absolute atomic E-state index is 0.0648. The Balaban J connectivity index is 2.21. The zero-order chi connectivity index (χ0) is 15.4.